The number of para-hydroxylation sites is 3. The van der Waals surface area contributed by atoms with Gasteiger partial charge in [0.05, 0.1) is 5.69 Å². The molecule has 8 aromatic rings. The minimum Gasteiger partial charge on any atom is -0.454 e. The lowest BCUT2D eigenvalue weighted by molar-refractivity contribution is 0.423. The predicted octanol–water partition coefficient (Wildman–Crippen LogP) is 12.1. The Hall–Kier alpha value is -5.28. The van der Waals surface area contributed by atoms with Gasteiger partial charge in [-0.1, -0.05) is 85.8 Å². The molecule has 8 rings (SSSR count). The minimum atomic E-state index is -0.0337. The summed E-state index contributed by atoms with van der Waals surface area (Å²) in [5.41, 5.74) is 11.2. The number of benzene rings is 6. The Kier molecular flexibility index (Phi) is 6.32. The Morgan fingerprint density at radius 3 is 2.07 bits per heavy atom. The second-order valence-electron chi connectivity index (χ2n) is 12.9. The van der Waals surface area contributed by atoms with E-state index in [2.05, 4.69) is 165 Å². The molecule has 0 radical (unpaired) electrons. The molecule has 0 aliphatic rings. The van der Waals surface area contributed by atoms with Crippen molar-refractivity contribution in [1.29, 1.82) is 0 Å². The molecule has 0 N–H and O–H groups in total. The maximum atomic E-state index is 6.55. The lowest BCUT2D eigenvalue weighted by Gasteiger charge is -2.26. The Labute approximate surface area is 263 Å². The van der Waals surface area contributed by atoms with Gasteiger partial charge in [0.2, 0.25) is 0 Å². The van der Waals surface area contributed by atoms with Crippen LogP contribution in [0.2, 0.25) is 0 Å². The van der Waals surface area contributed by atoms with Crippen molar-refractivity contribution < 1.29 is 4.42 Å². The second kappa shape index (κ2) is 10.4. The van der Waals surface area contributed by atoms with Gasteiger partial charge in [-0.2, -0.15) is 0 Å². The molecule has 220 valence electrons. The number of aromatic nitrogens is 1. The summed E-state index contributed by atoms with van der Waals surface area (Å²) in [7, 11) is 0. The number of nitrogens with zero attached hydrogens (tertiary/aromatic N) is 2. The molecule has 0 unspecified atom stereocenters. The van der Waals surface area contributed by atoms with Crippen LogP contribution in [0.5, 0.6) is 0 Å². The molecule has 0 atom stereocenters. The lowest BCUT2D eigenvalue weighted by atomic mass is 10.0. The zero-order valence-electron chi connectivity index (χ0n) is 26.2. The van der Waals surface area contributed by atoms with Crippen LogP contribution < -0.4 is 4.90 Å². The summed E-state index contributed by atoms with van der Waals surface area (Å²) in [4.78, 5) is 2.34. The van der Waals surface area contributed by atoms with Crippen molar-refractivity contribution in [3.8, 4) is 11.1 Å². The van der Waals surface area contributed by atoms with Crippen LogP contribution in [0.15, 0.2) is 138 Å². The molecule has 0 aliphatic heterocycles. The summed E-state index contributed by atoms with van der Waals surface area (Å²) in [6.07, 6.45) is 0.971. The summed E-state index contributed by atoms with van der Waals surface area (Å²) in [6.45, 7) is 9.04. The van der Waals surface area contributed by atoms with Crippen LogP contribution in [0.1, 0.15) is 33.3 Å². The van der Waals surface area contributed by atoms with E-state index in [4.69, 9.17) is 4.42 Å². The molecular formula is C42H36N2O. The first-order chi connectivity index (χ1) is 21.9. The number of rotatable bonds is 5. The molecule has 3 nitrogen and oxygen atoms in total. The fourth-order valence-electron chi connectivity index (χ4n) is 6.95. The molecular weight excluding hydrogens is 548 g/mol. The molecule has 0 saturated heterocycles. The molecule has 0 aliphatic carbocycles. The number of hydrogen-bond donors (Lipinski definition) is 0. The van der Waals surface area contributed by atoms with Gasteiger partial charge in [-0.15, -0.1) is 0 Å². The van der Waals surface area contributed by atoms with Crippen molar-refractivity contribution in [2.24, 2.45) is 0 Å². The standard InChI is InChI=1S/C42H36N2O/c1-5-28-13-10-15-31(25-28)43(39-21-12-19-35-34-18-7-9-22-40(34)45-41(35)39)32-16-11-14-29(26-32)30-23-24-38-36(27-30)33-17-6-8-20-37(33)44(38)42(2,3)4/h6-27H,5H2,1-4H3. The smallest absolute Gasteiger partial charge is 0.159 e. The molecule has 0 amide bonds. The average Bonchev–Trinajstić information content (AvgIpc) is 3.61. The van der Waals surface area contributed by atoms with Gasteiger partial charge in [0, 0.05) is 49.5 Å². The summed E-state index contributed by atoms with van der Waals surface area (Å²) in [5, 5.41) is 4.82. The molecule has 0 saturated carbocycles. The Balaban J connectivity index is 1.33. The van der Waals surface area contributed by atoms with Gasteiger partial charge in [-0.3, -0.25) is 0 Å². The molecule has 3 heteroatoms. The zero-order chi connectivity index (χ0) is 30.7. The average molecular weight is 585 g/mol. The first-order valence-corrected chi connectivity index (χ1v) is 15.8. The van der Waals surface area contributed by atoms with Gasteiger partial charge in [0.15, 0.2) is 5.58 Å². The number of hydrogen-bond acceptors (Lipinski definition) is 2. The summed E-state index contributed by atoms with van der Waals surface area (Å²) < 4.78 is 9.02. The van der Waals surface area contributed by atoms with Crippen molar-refractivity contribution in [3.05, 3.63) is 139 Å². The van der Waals surface area contributed by atoms with Crippen molar-refractivity contribution in [2.75, 3.05) is 4.90 Å². The molecule has 0 bridgehead atoms. The van der Waals surface area contributed by atoms with Crippen molar-refractivity contribution in [2.45, 2.75) is 39.7 Å². The predicted molar refractivity (Wildman–Crippen MR) is 191 cm³/mol. The highest BCUT2D eigenvalue weighted by Crippen LogP contribution is 2.43. The van der Waals surface area contributed by atoms with Crippen LogP contribution in [0.25, 0.3) is 54.9 Å². The van der Waals surface area contributed by atoms with E-state index in [9.17, 15) is 0 Å². The highest BCUT2D eigenvalue weighted by molar-refractivity contribution is 6.11. The maximum Gasteiger partial charge on any atom is 0.159 e. The summed E-state index contributed by atoms with van der Waals surface area (Å²) in [5.74, 6) is 0. The van der Waals surface area contributed by atoms with Crippen LogP contribution in [-0.4, -0.2) is 4.57 Å². The second-order valence-corrected chi connectivity index (χ2v) is 12.9. The molecule has 45 heavy (non-hydrogen) atoms. The van der Waals surface area contributed by atoms with Crippen LogP contribution in [-0.2, 0) is 12.0 Å². The zero-order valence-corrected chi connectivity index (χ0v) is 26.2. The van der Waals surface area contributed by atoms with E-state index in [1.807, 2.05) is 6.07 Å². The lowest BCUT2D eigenvalue weighted by Crippen LogP contribution is -2.21. The van der Waals surface area contributed by atoms with Gasteiger partial charge in [0.25, 0.3) is 0 Å². The summed E-state index contributed by atoms with van der Waals surface area (Å²) >= 11 is 0. The minimum absolute atomic E-state index is 0.0337. The monoisotopic (exact) mass is 584 g/mol. The van der Waals surface area contributed by atoms with Crippen LogP contribution >= 0.6 is 0 Å². The van der Waals surface area contributed by atoms with E-state index < -0.39 is 0 Å². The van der Waals surface area contributed by atoms with Crippen LogP contribution in [0.3, 0.4) is 0 Å². The van der Waals surface area contributed by atoms with Crippen molar-refractivity contribution in [3.63, 3.8) is 0 Å². The van der Waals surface area contributed by atoms with E-state index >= 15 is 0 Å². The van der Waals surface area contributed by atoms with E-state index in [-0.39, 0.29) is 5.54 Å². The number of anilines is 3. The highest BCUT2D eigenvalue weighted by Gasteiger charge is 2.22. The van der Waals surface area contributed by atoms with E-state index in [1.165, 1.54) is 38.5 Å². The van der Waals surface area contributed by atoms with Gasteiger partial charge in [-0.25, -0.2) is 0 Å². The highest BCUT2D eigenvalue weighted by atomic mass is 16.3. The third-order valence-corrected chi connectivity index (χ3v) is 8.98. The van der Waals surface area contributed by atoms with Gasteiger partial charge in [-0.05, 0) is 98.5 Å². The molecule has 0 fully saturated rings. The van der Waals surface area contributed by atoms with Crippen molar-refractivity contribution in [1.82, 2.24) is 4.57 Å². The van der Waals surface area contributed by atoms with Gasteiger partial charge in [0.1, 0.15) is 5.58 Å². The number of fused-ring (bicyclic) bond motifs is 6. The fourth-order valence-corrected chi connectivity index (χ4v) is 6.95. The molecule has 0 spiro atoms. The Morgan fingerprint density at radius 1 is 0.578 bits per heavy atom. The molecule has 6 aromatic carbocycles. The van der Waals surface area contributed by atoms with E-state index in [0.29, 0.717) is 0 Å². The largest absolute Gasteiger partial charge is 0.454 e. The van der Waals surface area contributed by atoms with Gasteiger partial charge >= 0.3 is 0 Å². The number of furan rings is 1. The van der Waals surface area contributed by atoms with Crippen LogP contribution in [0.4, 0.5) is 17.1 Å². The fraction of sp³-hybridized carbons (Fsp3) is 0.143. The molecule has 2 aromatic heterocycles. The first-order valence-electron chi connectivity index (χ1n) is 15.8. The topological polar surface area (TPSA) is 21.3 Å². The van der Waals surface area contributed by atoms with Gasteiger partial charge < -0.3 is 13.9 Å². The Bertz CT molecular complexity index is 2370. The van der Waals surface area contributed by atoms with Crippen molar-refractivity contribution >= 4 is 60.8 Å². The Morgan fingerprint density at radius 2 is 1.24 bits per heavy atom. The van der Waals surface area contributed by atoms with Crippen LogP contribution in [0, 0.1) is 0 Å². The normalized spacial score (nSPS) is 12.1. The SMILES string of the molecule is CCc1cccc(N(c2cccc(-c3ccc4c(c3)c3ccccc3n4C(C)(C)C)c2)c2cccc3c2oc2ccccc23)c1. The van der Waals surface area contributed by atoms with E-state index in [1.54, 1.807) is 0 Å². The third-order valence-electron chi connectivity index (χ3n) is 8.98. The van der Waals surface area contributed by atoms with E-state index in [0.717, 1.165) is 45.4 Å². The quantitative estimate of drug-likeness (QED) is 0.201. The first kappa shape index (κ1) is 27.3. The number of aryl methyl sites for hydroxylation is 1. The third kappa shape index (κ3) is 4.50. The maximum absolute atomic E-state index is 6.55. The summed E-state index contributed by atoms with van der Waals surface area (Å²) in [6, 6.07) is 48.2. The molecule has 2 heterocycles.